The SMILES string of the molecule is CCNC(=NCCNC(=O)c1ccc(OC)cc1)NC1CCN(C(=O)CC)C1.I. The maximum absolute atomic E-state index is 12.2. The van der Waals surface area contributed by atoms with Gasteiger partial charge in [0.1, 0.15) is 5.75 Å². The van der Waals surface area contributed by atoms with Gasteiger partial charge in [0.15, 0.2) is 5.96 Å². The van der Waals surface area contributed by atoms with Crippen molar-refractivity contribution in [1.82, 2.24) is 20.9 Å². The number of hydrogen-bond donors (Lipinski definition) is 3. The Labute approximate surface area is 189 Å². The molecule has 1 aliphatic heterocycles. The van der Waals surface area contributed by atoms with Crippen molar-refractivity contribution in [3.05, 3.63) is 29.8 Å². The summed E-state index contributed by atoms with van der Waals surface area (Å²) in [5, 5.41) is 9.45. The number of amides is 2. The summed E-state index contributed by atoms with van der Waals surface area (Å²) in [5.74, 6) is 1.47. The van der Waals surface area contributed by atoms with E-state index in [1.54, 1.807) is 31.4 Å². The monoisotopic (exact) mass is 517 g/mol. The molecule has 0 aliphatic carbocycles. The standard InChI is InChI=1S/C20H31N5O3.HI/c1-4-18(26)25-13-10-16(14-25)24-20(21-5-2)23-12-11-22-19(27)15-6-8-17(28-3)9-7-15;/h6-9,16H,4-5,10-14H2,1-3H3,(H,22,27)(H2,21,23,24);1H. The number of hydrogen-bond acceptors (Lipinski definition) is 4. The van der Waals surface area contributed by atoms with Gasteiger partial charge in [0.25, 0.3) is 5.91 Å². The van der Waals surface area contributed by atoms with Gasteiger partial charge >= 0.3 is 0 Å². The third-order valence-electron chi connectivity index (χ3n) is 4.55. The average molecular weight is 517 g/mol. The molecule has 1 aromatic carbocycles. The van der Waals surface area contributed by atoms with Crippen LogP contribution in [0.15, 0.2) is 29.3 Å². The van der Waals surface area contributed by atoms with Crippen LogP contribution in [0.3, 0.4) is 0 Å². The Balaban J connectivity index is 0.00000420. The fraction of sp³-hybridized carbons (Fsp3) is 0.550. The zero-order valence-electron chi connectivity index (χ0n) is 17.4. The van der Waals surface area contributed by atoms with Crippen molar-refractivity contribution in [2.24, 2.45) is 4.99 Å². The van der Waals surface area contributed by atoms with E-state index in [0.29, 0.717) is 43.3 Å². The van der Waals surface area contributed by atoms with Crippen LogP contribution in [0.4, 0.5) is 0 Å². The number of methoxy groups -OCH3 is 1. The summed E-state index contributed by atoms with van der Waals surface area (Å²) in [5.41, 5.74) is 0.585. The number of likely N-dealkylation sites (tertiary alicyclic amines) is 1. The molecule has 1 unspecified atom stereocenters. The Morgan fingerprint density at radius 3 is 2.55 bits per heavy atom. The highest BCUT2D eigenvalue weighted by molar-refractivity contribution is 14.0. The number of benzene rings is 1. The van der Waals surface area contributed by atoms with Crippen molar-refractivity contribution in [1.29, 1.82) is 0 Å². The molecule has 0 saturated carbocycles. The summed E-state index contributed by atoms with van der Waals surface area (Å²) < 4.78 is 5.09. The maximum Gasteiger partial charge on any atom is 0.251 e. The van der Waals surface area contributed by atoms with Crippen molar-refractivity contribution >= 4 is 41.8 Å². The summed E-state index contributed by atoms with van der Waals surface area (Å²) in [6.45, 7) is 7.01. The molecule has 8 nitrogen and oxygen atoms in total. The minimum absolute atomic E-state index is 0. The van der Waals surface area contributed by atoms with Crippen LogP contribution in [-0.2, 0) is 4.79 Å². The van der Waals surface area contributed by atoms with Crippen LogP contribution in [0.1, 0.15) is 37.0 Å². The second-order valence-corrected chi connectivity index (χ2v) is 6.57. The molecular weight excluding hydrogens is 485 g/mol. The van der Waals surface area contributed by atoms with E-state index in [-0.39, 0.29) is 41.8 Å². The van der Waals surface area contributed by atoms with Crippen LogP contribution in [-0.4, -0.2) is 68.5 Å². The van der Waals surface area contributed by atoms with Gasteiger partial charge in [0.2, 0.25) is 5.91 Å². The molecule has 1 aliphatic rings. The Hall–Kier alpha value is -2.04. The topological polar surface area (TPSA) is 95.1 Å². The van der Waals surface area contributed by atoms with Crippen LogP contribution in [0, 0.1) is 0 Å². The quantitative estimate of drug-likeness (QED) is 0.211. The van der Waals surface area contributed by atoms with Crippen molar-refractivity contribution in [2.75, 3.05) is 39.8 Å². The zero-order chi connectivity index (χ0) is 20.4. The van der Waals surface area contributed by atoms with Gasteiger partial charge in [-0.3, -0.25) is 14.6 Å². The number of guanidine groups is 1. The summed E-state index contributed by atoms with van der Waals surface area (Å²) in [4.78, 5) is 30.4. The smallest absolute Gasteiger partial charge is 0.251 e. The second kappa shape index (κ2) is 13.2. The molecule has 1 aromatic rings. The molecule has 1 saturated heterocycles. The van der Waals surface area contributed by atoms with Crippen LogP contribution in [0.25, 0.3) is 0 Å². The Kier molecular flexibility index (Phi) is 11.4. The van der Waals surface area contributed by atoms with Gasteiger partial charge in [-0.2, -0.15) is 0 Å². The molecule has 0 spiro atoms. The first kappa shape index (κ1) is 25.0. The normalized spacial score (nSPS) is 16.0. The lowest BCUT2D eigenvalue weighted by atomic mass is 10.2. The Morgan fingerprint density at radius 1 is 1.21 bits per heavy atom. The number of nitrogens with one attached hydrogen (secondary N) is 3. The molecule has 2 rings (SSSR count). The molecule has 1 atom stereocenters. The number of carbonyl (C=O) groups is 2. The van der Waals surface area contributed by atoms with E-state index in [2.05, 4.69) is 20.9 Å². The van der Waals surface area contributed by atoms with Gasteiger partial charge in [-0.05, 0) is 37.6 Å². The lowest BCUT2D eigenvalue weighted by Gasteiger charge is -2.18. The fourth-order valence-electron chi connectivity index (χ4n) is 3.02. The van der Waals surface area contributed by atoms with Gasteiger partial charge in [-0.25, -0.2) is 0 Å². The zero-order valence-corrected chi connectivity index (χ0v) is 19.7. The molecule has 9 heteroatoms. The maximum atomic E-state index is 12.2. The minimum Gasteiger partial charge on any atom is -0.497 e. The number of halogens is 1. The van der Waals surface area contributed by atoms with Crippen LogP contribution in [0.2, 0.25) is 0 Å². The third-order valence-corrected chi connectivity index (χ3v) is 4.55. The van der Waals surface area contributed by atoms with E-state index in [9.17, 15) is 9.59 Å². The first-order valence-electron chi connectivity index (χ1n) is 9.82. The van der Waals surface area contributed by atoms with E-state index < -0.39 is 0 Å². The molecule has 29 heavy (non-hydrogen) atoms. The van der Waals surface area contributed by atoms with Crippen molar-refractivity contribution < 1.29 is 14.3 Å². The van der Waals surface area contributed by atoms with Crippen molar-refractivity contribution in [3.8, 4) is 5.75 Å². The second-order valence-electron chi connectivity index (χ2n) is 6.57. The molecule has 1 heterocycles. The van der Waals surface area contributed by atoms with Crippen LogP contribution < -0.4 is 20.7 Å². The molecule has 1 fully saturated rings. The van der Waals surface area contributed by atoms with E-state index in [0.717, 1.165) is 19.5 Å². The number of rotatable bonds is 8. The van der Waals surface area contributed by atoms with Gasteiger partial charge in [0, 0.05) is 44.2 Å². The summed E-state index contributed by atoms with van der Waals surface area (Å²) >= 11 is 0. The summed E-state index contributed by atoms with van der Waals surface area (Å²) in [6, 6.07) is 7.17. The molecule has 2 amide bonds. The predicted octanol–water partition coefficient (Wildman–Crippen LogP) is 1.61. The van der Waals surface area contributed by atoms with Gasteiger partial charge in [-0.1, -0.05) is 6.92 Å². The van der Waals surface area contributed by atoms with Crippen LogP contribution in [0.5, 0.6) is 5.75 Å². The Morgan fingerprint density at radius 2 is 1.93 bits per heavy atom. The Bertz CT molecular complexity index is 681. The minimum atomic E-state index is -0.139. The highest BCUT2D eigenvalue weighted by Gasteiger charge is 2.25. The first-order chi connectivity index (χ1) is 13.6. The van der Waals surface area contributed by atoms with Gasteiger partial charge < -0.3 is 25.6 Å². The molecule has 3 N–H and O–H groups in total. The molecule has 0 aromatic heterocycles. The highest BCUT2D eigenvalue weighted by Crippen LogP contribution is 2.11. The van der Waals surface area contributed by atoms with Crippen molar-refractivity contribution in [3.63, 3.8) is 0 Å². The van der Waals surface area contributed by atoms with E-state index in [1.807, 2.05) is 18.7 Å². The highest BCUT2D eigenvalue weighted by atomic mass is 127. The predicted molar refractivity (Wildman–Crippen MR) is 125 cm³/mol. The van der Waals surface area contributed by atoms with Crippen molar-refractivity contribution in [2.45, 2.75) is 32.7 Å². The van der Waals surface area contributed by atoms with E-state index in [4.69, 9.17) is 4.74 Å². The van der Waals surface area contributed by atoms with Gasteiger partial charge in [0.05, 0.1) is 13.7 Å². The first-order valence-corrected chi connectivity index (χ1v) is 9.82. The lowest BCUT2D eigenvalue weighted by molar-refractivity contribution is -0.129. The number of aliphatic imine (C=N–C) groups is 1. The van der Waals surface area contributed by atoms with E-state index >= 15 is 0 Å². The largest absolute Gasteiger partial charge is 0.497 e. The molecule has 0 radical (unpaired) electrons. The molecule has 162 valence electrons. The third kappa shape index (κ3) is 8.08. The van der Waals surface area contributed by atoms with Crippen LogP contribution >= 0.6 is 24.0 Å². The molecular formula is C20H32IN5O3. The number of ether oxygens (including phenoxy) is 1. The number of nitrogens with zero attached hydrogens (tertiary/aromatic N) is 2. The van der Waals surface area contributed by atoms with Gasteiger partial charge in [-0.15, -0.1) is 24.0 Å². The fourth-order valence-corrected chi connectivity index (χ4v) is 3.02. The summed E-state index contributed by atoms with van der Waals surface area (Å²) in [7, 11) is 1.59. The molecule has 0 bridgehead atoms. The number of carbonyl (C=O) groups excluding carboxylic acids is 2. The average Bonchev–Trinajstić information content (AvgIpc) is 3.19. The van der Waals surface area contributed by atoms with E-state index in [1.165, 1.54) is 0 Å². The summed E-state index contributed by atoms with van der Waals surface area (Å²) in [6.07, 6.45) is 1.44. The lowest BCUT2D eigenvalue weighted by Crippen LogP contribution is -2.45.